The van der Waals surface area contributed by atoms with Gasteiger partial charge in [-0.05, 0) is 39.5 Å². The molecule has 5 heteroatoms. The molecule has 0 amide bonds. The van der Waals surface area contributed by atoms with E-state index in [1.807, 2.05) is 13.8 Å². The van der Waals surface area contributed by atoms with Crippen LogP contribution in [-0.2, 0) is 0 Å². The molecule has 0 aliphatic carbocycles. The molecular weight excluding hydrogens is 252 g/mol. The zero-order valence-corrected chi connectivity index (χ0v) is 13.5. The van der Waals surface area contributed by atoms with Crippen molar-refractivity contribution in [3.05, 3.63) is 0 Å². The Hall–Kier alpha value is -0.810. The van der Waals surface area contributed by atoms with Gasteiger partial charge in [0.2, 0.25) is 0 Å². The van der Waals surface area contributed by atoms with Crippen LogP contribution in [0.25, 0.3) is 0 Å². The summed E-state index contributed by atoms with van der Waals surface area (Å²) in [5.74, 6) is 0.323. The monoisotopic (exact) mass is 284 g/mol. The van der Waals surface area contributed by atoms with Gasteiger partial charge in [-0.3, -0.25) is 5.43 Å². The van der Waals surface area contributed by atoms with Gasteiger partial charge in [0.25, 0.3) is 0 Å². The van der Waals surface area contributed by atoms with Crippen molar-refractivity contribution >= 4 is 5.84 Å². The highest BCUT2D eigenvalue weighted by atomic mass is 16.4. The molecule has 1 aliphatic rings. The first-order chi connectivity index (χ1) is 9.38. The van der Waals surface area contributed by atoms with Gasteiger partial charge in [0.05, 0.1) is 0 Å². The summed E-state index contributed by atoms with van der Waals surface area (Å²) in [5, 5.41) is 14.3. The first kappa shape index (κ1) is 17.2. The van der Waals surface area contributed by atoms with Gasteiger partial charge >= 0.3 is 0 Å². The summed E-state index contributed by atoms with van der Waals surface area (Å²) in [6.45, 7) is 9.63. The molecule has 1 aliphatic heterocycles. The fraction of sp³-hybridized carbons (Fsp3) is 0.933. The Morgan fingerprint density at radius 2 is 1.90 bits per heavy atom. The number of amidine groups is 1. The Labute approximate surface area is 123 Å². The molecule has 0 bridgehead atoms. The van der Waals surface area contributed by atoms with Crippen LogP contribution in [0.3, 0.4) is 0 Å². The van der Waals surface area contributed by atoms with Crippen molar-refractivity contribution in [3.63, 3.8) is 0 Å². The fourth-order valence-electron chi connectivity index (χ4n) is 2.90. The lowest BCUT2D eigenvalue weighted by molar-refractivity contribution is 0.0458. The van der Waals surface area contributed by atoms with E-state index in [-0.39, 0.29) is 5.41 Å². The van der Waals surface area contributed by atoms with Gasteiger partial charge in [0.1, 0.15) is 5.84 Å². The van der Waals surface area contributed by atoms with E-state index in [4.69, 9.17) is 10.9 Å². The first-order valence-corrected chi connectivity index (χ1v) is 7.88. The molecule has 0 saturated carbocycles. The standard InChI is InChI=1S/C15H32N4O/c1-12-8-7-9-13(2)19(12)17-11-6-5-10-15(3,4)14(16)18-20/h12-13,17,20H,5-11H2,1-4H3,(H2,16,18). The third kappa shape index (κ3) is 4.94. The van der Waals surface area contributed by atoms with E-state index in [0.29, 0.717) is 17.9 Å². The lowest BCUT2D eigenvalue weighted by Gasteiger charge is -2.39. The summed E-state index contributed by atoms with van der Waals surface area (Å²) in [4.78, 5) is 0. The zero-order chi connectivity index (χ0) is 15.2. The van der Waals surface area contributed by atoms with Crippen LogP contribution in [0.5, 0.6) is 0 Å². The van der Waals surface area contributed by atoms with E-state index in [0.717, 1.165) is 25.8 Å². The van der Waals surface area contributed by atoms with Crippen molar-refractivity contribution in [2.45, 2.75) is 78.3 Å². The molecule has 1 fully saturated rings. The molecule has 0 aromatic carbocycles. The predicted molar refractivity (Wildman–Crippen MR) is 83.7 cm³/mol. The number of hydrazine groups is 1. The van der Waals surface area contributed by atoms with Crippen LogP contribution < -0.4 is 11.2 Å². The predicted octanol–water partition coefficient (Wildman–Crippen LogP) is 2.70. The molecule has 0 radical (unpaired) electrons. The maximum atomic E-state index is 8.75. The van der Waals surface area contributed by atoms with Gasteiger partial charge in [0.15, 0.2) is 0 Å². The highest BCUT2D eigenvalue weighted by Crippen LogP contribution is 2.23. The summed E-state index contributed by atoms with van der Waals surface area (Å²) in [7, 11) is 0. The van der Waals surface area contributed by atoms with Crippen LogP contribution in [0.2, 0.25) is 0 Å². The van der Waals surface area contributed by atoms with E-state index in [9.17, 15) is 0 Å². The van der Waals surface area contributed by atoms with E-state index >= 15 is 0 Å². The quantitative estimate of drug-likeness (QED) is 0.221. The minimum atomic E-state index is -0.222. The number of hydrogen-bond donors (Lipinski definition) is 3. The Balaban J connectivity index is 2.22. The molecule has 5 nitrogen and oxygen atoms in total. The van der Waals surface area contributed by atoms with Gasteiger partial charge < -0.3 is 10.9 Å². The third-order valence-corrected chi connectivity index (χ3v) is 4.52. The molecule has 1 rings (SSSR count). The largest absolute Gasteiger partial charge is 0.409 e. The second-order valence-electron chi connectivity index (χ2n) is 6.77. The first-order valence-electron chi connectivity index (χ1n) is 7.88. The average Bonchev–Trinajstić information content (AvgIpc) is 2.40. The van der Waals surface area contributed by atoms with Gasteiger partial charge in [0, 0.05) is 24.0 Å². The normalized spacial score (nSPS) is 25.9. The lowest BCUT2D eigenvalue weighted by Crippen LogP contribution is -2.52. The number of hydrogen-bond acceptors (Lipinski definition) is 4. The highest BCUT2D eigenvalue weighted by Gasteiger charge is 2.25. The van der Waals surface area contributed by atoms with E-state index < -0.39 is 0 Å². The van der Waals surface area contributed by atoms with Crippen molar-refractivity contribution in [1.82, 2.24) is 10.4 Å². The van der Waals surface area contributed by atoms with Crippen LogP contribution in [0.15, 0.2) is 5.16 Å². The molecule has 4 N–H and O–H groups in total. The Kier molecular flexibility index (Phi) is 6.76. The number of oxime groups is 1. The minimum absolute atomic E-state index is 0.222. The highest BCUT2D eigenvalue weighted by molar-refractivity contribution is 5.85. The fourth-order valence-corrected chi connectivity index (χ4v) is 2.90. The van der Waals surface area contributed by atoms with E-state index in [2.05, 4.69) is 29.4 Å². The number of piperidine rings is 1. The molecule has 1 heterocycles. The minimum Gasteiger partial charge on any atom is -0.409 e. The molecule has 0 spiro atoms. The third-order valence-electron chi connectivity index (χ3n) is 4.52. The second-order valence-corrected chi connectivity index (χ2v) is 6.77. The average molecular weight is 284 g/mol. The number of nitrogens with zero attached hydrogens (tertiary/aromatic N) is 2. The molecule has 1 saturated heterocycles. The number of rotatable bonds is 7. The second kappa shape index (κ2) is 7.84. The van der Waals surface area contributed by atoms with Crippen LogP contribution in [0, 0.1) is 5.41 Å². The smallest absolute Gasteiger partial charge is 0.144 e. The summed E-state index contributed by atoms with van der Waals surface area (Å²) >= 11 is 0. The molecule has 2 atom stereocenters. The van der Waals surface area contributed by atoms with Crippen LogP contribution in [0.1, 0.15) is 66.2 Å². The van der Waals surface area contributed by atoms with Crippen molar-refractivity contribution < 1.29 is 5.21 Å². The molecule has 0 aromatic rings. The van der Waals surface area contributed by atoms with Crippen LogP contribution in [0.4, 0.5) is 0 Å². The summed E-state index contributed by atoms with van der Waals surface area (Å²) in [5.41, 5.74) is 9.05. The van der Waals surface area contributed by atoms with Gasteiger partial charge in [-0.25, -0.2) is 5.01 Å². The maximum Gasteiger partial charge on any atom is 0.144 e. The molecule has 2 unspecified atom stereocenters. The van der Waals surface area contributed by atoms with Gasteiger partial charge in [-0.1, -0.05) is 31.8 Å². The molecular formula is C15H32N4O. The maximum absolute atomic E-state index is 8.75. The Morgan fingerprint density at radius 1 is 1.30 bits per heavy atom. The molecule has 20 heavy (non-hydrogen) atoms. The van der Waals surface area contributed by atoms with E-state index in [1.165, 1.54) is 19.3 Å². The van der Waals surface area contributed by atoms with E-state index in [1.54, 1.807) is 0 Å². The zero-order valence-electron chi connectivity index (χ0n) is 13.5. The van der Waals surface area contributed by atoms with Gasteiger partial charge in [-0.2, -0.15) is 0 Å². The van der Waals surface area contributed by atoms with Gasteiger partial charge in [-0.15, -0.1) is 0 Å². The summed E-state index contributed by atoms with van der Waals surface area (Å²) < 4.78 is 0. The van der Waals surface area contributed by atoms with Crippen molar-refractivity contribution in [2.24, 2.45) is 16.3 Å². The van der Waals surface area contributed by atoms with Crippen LogP contribution in [-0.4, -0.2) is 34.7 Å². The number of nitrogens with one attached hydrogen (secondary N) is 1. The lowest BCUT2D eigenvalue weighted by atomic mass is 9.86. The van der Waals surface area contributed by atoms with Crippen molar-refractivity contribution in [1.29, 1.82) is 0 Å². The topological polar surface area (TPSA) is 73.9 Å². The SMILES string of the molecule is CC1CCCC(C)N1NCCCCC(C)(C)C(N)=NO. The molecule has 118 valence electrons. The Morgan fingerprint density at radius 3 is 2.45 bits per heavy atom. The van der Waals surface area contributed by atoms with Crippen molar-refractivity contribution in [3.8, 4) is 0 Å². The summed E-state index contributed by atoms with van der Waals surface area (Å²) in [6, 6.07) is 1.26. The summed E-state index contributed by atoms with van der Waals surface area (Å²) in [6.07, 6.45) is 7.04. The van der Waals surface area contributed by atoms with Crippen molar-refractivity contribution in [2.75, 3.05) is 6.54 Å². The van der Waals surface area contributed by atoms with Crippen LogP contribution >= 0.6 is 0 Å². The number of nitrogens with two attached hydrogens (primary N) is 1. The molecule has 0 aromatic heterocycles. The number of unbranched alkanes of at least 4 members (excludes halogenated alkanes) is 1. The Bertz CT molecular complexity index is 307.